The Bertz CT molecular complexity index is 559. The summed E-state index contributed by atoms with van der Waals surface area (Å²) in [7, 11) is 3.48. The van der Waals surface area contributed by atoms with E-state index in [4.69, 9.17) is 9.47 Å². The summed E-state index contributed by atoms with van der Waals surface area (Å²) in [5, 5.41) is 6.95. The Morgan fingerprint density at radius 2 is 1.92 bits per heavy atom. The predicted octanol–water partition coefficient (Wildman–Crippen LogP) is 2.36. The van der Waals surface area contributed by atoms with E-state index >= 15 is 0 Å². The van der Waals surface area contributed by atoms with Crippen LogP contribution in [-0.2, 0) is 0 Å². The number of nitrogens with zero attached hydrogens (tertiary/aromatic N) is 2. The number of rotatable bonds is 8. The van der Waals surface area contributed by atoms with Crippen LogP contribution < -0.4 is 20.1 Å². The summed E-state index contributed by atoms with van der Waals surface area (Å²) in [4.78, 5) is 6.86. The molecule has 0 bridgehead atoms. The summed E-state index contributed by atoms with van der Waals surface area (Å²) >= 11 is 0. The van der Waals surface area contributed by atoms with Crippen molar-refractivity contribution in [1.29, 1.82) is 0 Å². The Morgan fingerprint density at radius 1 is 1.23 bits per heavy atom. The number of guanidine groups is 1. The maximum atomic E-state index is 5.75. The second-order valence-electron chi connectivity index (χ2n) is 7.15. The van der Waals surface area contributed by atoms with Gasteiger partial charge in [0, 0.05) is 38.8 Å². The molecule has 2 unspecified atom stereocenters. The first kappa shape index (κ1) is 20.4. The molecule has 0 aromatic heterocycles. The third-order valence-electron chi connectivity index (χ3n) is 4.86. The van der Waals surface area contributed by atoms with Crippen molar-refractivity contribution >= 4 is 5.96 Å². The van der Waals surface area contributed by atoms with Gasteiger partial charge in [0.15, 0.2) is 5.96 Å². The molecular formula is C20H34N4O2. The van der Waals surface area contributed by atoms with Crippen molar-refractivity contribution in [3.05, 3.63) is 24.3 Å². The summed E-state index contributed by atoms with van der Waals surface area (Å²) < 4.78 is 10.9. The van der Waals surface area contributed by atoms with Gasteiger partial charge in [-0.05, 0) is 50.5 Å². The fourth-order valence-electron chi connectivity index (χ4n) is 3.12. The van der Waals surface area contributed by atoms with Crippen LogP contribution in [0.3, 0.4) is 0 Å². The van der Waals surface area contributed by atoms with Gasteiger partial charge in [-0.3, -0.25) is 9.89 Å². The van der Waals surface area contributed by atoms with Gasteiger partial charge < -0.3 is 20.1 Å². The van der Waals surface area contributed by atoms with Gasteiger partial charge in [0.25, 0.3) is 0 Å². The van der Waals surface area contributed by atoms with Gasteiger partial charge in [0.05, 0.1) is 13.7 Å². The fraction of sp³-hybridized carbons (Fsp3) is 0.650. The van der Waals surface area contributed by atoms with Gasteiger partial charge in [-0.2, -0.15) is 0 Å². The monoisotopic (exact) mass is 362 g/mol. The molecule has 0 aliphatic carbocycles. The van der Waals surface area contributed by atoms with Crippen LogP contribution >= 0.6 is 0 Å². The standard InChI is InChI=1S/C20H34N4O2/c1-15(2)24-13-16(3)19(14-24)23-20(21-4)22-11-6-12-26-18-9-7-17(25-5)8-10-18/h7-10,15-16,19H,6,11-14H2,1-5H3,(H2,21,22,23). The summed E-state index contributed by atoms with van der Waals surface area (Å²) in [5.41, 5.74) is 0. The number of likely N-dealkylation sites (tertiary alicyclic amines) is 1. The molecule has 0 radical (unpaired) electrons. The average Bonchev–Trinajstić information content (AvgIpc) is 3.01. The lowest BCUT2D eigenvalue weighted by molar-refractivity contribution is 0.265. The van der Waals surface area contributed by atoms with E-state index in [1.165, 1.54) is 0 Å². The number of nitrogens with one attached hydrogen (secondary N) is 2. The Labute approximate surface area is 158 Å². The molecular weight excluding hydrogens is 328 g/mol. The molecule has 1 aliphatic rings. The van der Waals surface area contributed by atoms with E-state index in [1.807, 2.05) is 31.3 Å². The second kappa shape index (κ2) is 10.3. The van der Waals surface area contributed by atoms with Gasteiger partial charge in [-0.25, -0.2) is 0 Å². The molecule has 2 N–H and O–H groups in total. The van der Waals surface area contributed by atoms with Crippen LogP contribution in [0.4, 0.5) is 0 Å². The SMILES string of the molecule is CN=C(NCCCOc1ccc(OC)cc1)NC1CN(C(C)C)CC1C. The van der Waals surface area contributed by atoms with Crippen molar-refractivity contribution in [2.45, 2.75) is 39.3 Å². The maximum absolute atomic E-state index is 5.75. The van der Waals surface area contributed by atoms with Crippen LogP contribution in [0, 0.1) is 5.92 Å². The normalized spacial score (nSPS) is 21.1. The van der Waals surface area contributed by atoms with E-state index in [0.717, 1.165) is 43.5 Å². The highest BCUT2D eigenvalue weighted by Crippen LogP contribution is 2.18. The number of benzene rings is 1. The Morgan fingerprint density at radius 3 is 2.50 bits per heavy atom. The molecule has 1 aromatic carbocycles. The molecule has 0 saturated carbocycles. The summed E-state index contributed by atoms with van der Waals surface area (Å²) in [6.07, 6.45) is 0.908. The smallest absolute Gasteiger partial charge is 0.191 e. The largest absolute Gasteiger partial charge is 0.497 e. The van der Waals surface area contributed by atoms with E-state index in [-0.39, 0.29) is 0 Å². The topological polar surface area (TPSA) is 58.1 Å². The Kier molecular flexibility index (Phi) is 8.04. The molecule has 6 heteroatoms. The zero-order valence-electron chi connectivity index (χ0n) is 16.8. The first-order valence-corrected chi connectivity index (χ1v) is 9.51. The minimum Gasteiger partial charge on any atom is -0.497 e. The molecule has 1 saturated heterocycles. The lowest BCUT2D eigenvalue weighted by Crippen LogP contribution is -2.47. The van der Waals surface area contributed by atoms with Gasteiger partial charge in [-0.15, -0.1) is 0 Å². The molecule has 2 atom stereocenters. The van der Waals surface area contributed by atoms with Gasteiger partial charge in [0.2, 0.25) is 0 Å². The first-order valence-electron chi connectivity index (χ1n) is 9.51. The minimum absolute atomic E-state index is 0.444. The lowest BCUT2D eigenvalue weighted by Gasteiger charge is -2.22. The molecule has 1 aliphatic heterocycles. The van der Waals surface area contributed by atoms with Crippen molar-refractivity contribution in [1.82, 2.24) is 15.5 Å². The highest BCUT2D eigenvalue weighted by Gasteiger charge is 2.31. The molecule has 0 spiro atoms. The van der Waals surface area contributed by atoms with Crippen molar-refractivity contribution in [2.75, 3.05) is 40.4 Å². The zero-order valence-corrected chi connectivity index (χ0v) is 16.8. The summed E-state index contributed by atoms with van der Waals surface area (Å²) in [5.74, 6) is 3.19. The Hall–Kier alpha value is -1.95. The molecule has 146 valence electrons. The van der Waals surface area contributed by atoms with Gasteiger partial charge in [0.1, 0.15) is 11.5 Å². The van der Waals surface area contributed by atoms with E-state index in [1.54, 1.807) is 7.11 Å². The van der Waals surface area contributed by atoms with Crippen LogP contribution in [0.15, 0.2) is 29.3 Å². The van der Waals surface area contributed by atoms with Crippen LogP contribution in [0.25, 0.3) is 0 Å². The molecule has 1 heterocycles. The van der Waals surface area contributed by atoms with Gasteiger partial charge in [-0.1, -0.05) is 6.92 Å². The Balaban J connectivity index is 1.65. The quantitative estimate of drug-likeness (QED) is 0.422. The second-order valence-corrected chi connectivity index (χ2v) is 7.15. The van der Waals surface area contributed by atoms with Crippen LogP contribution in [-0.4, -0.2) is 63.3 Å². The highest BCUT2D eigenvalue weighted by atomic mass is 16.5. The number of ether oxygens (including phenoxy) is 2. The van der Waals surface area contributed by atoms with Crippen LogP contribution in [0.1, 0.15) is 27.2 Å². The third-order valence-corrected chi connectivity index (χ3v) is 4.86. The van der Waals surface area contributed by atoms with E-state index in [2.05, 4.69) is 41.3 Å². The highest BCUT2D eigenvalue weighted by molar-refractivity contribution is 5.80. The summed E-state index contributed by atoms with van der Waals surface area (Å²) in [6, 6.07) is 8.70. The molecule has 2 rings (SSSR count). The first-order chi connectivity index (χ1) is 12.5. The number of hydrogen-bond donors (Lipinski definition) is 2. The van der Waals surface area contributed by atoms with E-state index in [0.29, 0.717) is 24.6 Å². The average molecular weight is 363 g/mol. The van der Waals surface area contributed by atoms with Crippen molar-refractivity contribution in [3.63, 3.8) is 0 Å². The van der Waals surface area contributed by atoms with E-state index in [9.17, 15) is 0 Å². The minimum atomic E-state index is 0.444. The summed E-state index contributed by atoms with van der Waals surface area (Å²) in [6.45, 7) is 10.5. The molecule has 1 aromatic rings. The predicted molar refractivity (Wildman–Crippen MR) is 107 cm³/mol. The number of methoxy groups -OCH3 is 1. The lowest BCUT2D eigenvalue weighted by atomic mass is 10.1. The molecule has 0 amide bonds. The zero-order chi connectivity index (χ0) is 18.9. The van der Waals surface area contributed by atoms with Gasteiger partial charge >= 0.3 is 0 Å². The maximum Gasteiger partial charge on any atom is 0.191 e. The van der Waals surface area contributed by atoms with E-state index < -0.39 is 0 Å². The number of aliphatic imine (C=N–C) groups is 1. The molecule has 6 nitrogen and oxygen atoms in total. The van der Waals surface area contributed by atoms with Crippen molar-refractivity contribution < 1.29 is 9.47 Å². The van der Waals surface area contributed by atoms with Crippen molar-refractivity contribution in [3.8, 4) is 11.5 Å². The van der Waals surface area contributed by atoms with Crippen LogP contribution in [0.5, 0.6) is 11.5 Å². The fourth-order valence-corrected chi connectivity index (χ4v) is 3.12. The van der Waals surface area contributed by atoms with Crippen molar-refractivity contribution in [2.24, 2.45) is 10.9 Å². The molecule has 1 fully saturated rings. The third kappa shape index (κ3) is 6.09. The molecule has 26 heavy (non-hydrogen) atoms. The number of hydrogen-bond acceptors (Lipinski definition) is 4. The van der Waals surface area contributed by atoms with Crippen LogP contribution in [0.2, 0.25) is 0 Å².